The van der Waals surface area contributed by atoms with Gasteiger partial charge in [0.1, 0.15) is 0 Å². The zero-order valence-corrected chi connectivity index (χ0v) is 12.0. The molecule has 3 heterocycles. The highest BCUT2D eigenvalue weighted by molar-refractivity contribution is 5.92. The van der Waals surface area contributed by atoms with Crippen LogP contribution in [0.5, 0.6) is 5.95 Å². The first-order valence-corrected chi connectivity index (χ1v) is 7.24. The number of likely N-dealkylation sites (tertiary alicyclic amines) is 1. The number of carbonyl (C=O) groups excluding carboxylic acids is 1. The van der Waals surface area contributed by atoms with Crippen LogP contribution < -0.4 is 4.74 Å². The molecule has 0 radical (unpaired) electrons. The van der Waals surface area contributed by atoms with Crippen molar-refractivity contribution >= 4 is 5.91 Å². The van der Waals surface area contributed by atoms with Crippen molar-refractivity contribution in [2.45, 2.75) is 25.8 Å². The van der Waals surface area contributed by atoms with E-state index < -0.39 is 0 Å². The van der Waals surface area contributed by atoms with Gasteiger partial charge in [-0.3, -0.25) is 9.78 Å². The number of amides is 1. The Morgan fingerprint density at radius 2 is 2.33 bits per heavy atom. The molecule has 21 heavy (non-hydrogen) atoms. The van der Waals surface area contributed by atoms with E-state index in [4.69, 9.17) is 9.15 Å². The normalized spacial score (nSPS) is 18.0. The van der Waals surface area contributed by atoms with Gasteiger partial charge in [0.2, 0.25) is 0 Å². The third kappa shape index (κ3) is 2.77. The topological polar surface area (TPSA) is 55.6 Å². The average Bonchev–Trinajstić information content (AvgIpc) is 3.17. The molecule has 0 aromatic carbocycles. The van der Waals surface area contributed by atoms with E-state index >= 15 is 0 Å². The second kappa shape index (κ2) is 5.99. The quantitative estimate of drug-likeness (QED) is 0.866. The fourth-order valence-electron chi connectivity index (χ4n) is 2.69. The minimum absolute atomic E-state index is 0.0272. The van der Waals surface area contributed by atoms with Crippen molar-refractivity contribution in [1.82, 2.24) is 9.88 Å². The molecule has 0 N–H and O–H groups in total. The Morgan fingerprint density at radius 3 is 3.10 bits per heavy atom. The predicted octanol–water partition coefficient (Wildman–Crippen LogP) is 3.05. The first kappa shape index (κ1) is 13.7. The summed E-state index contributed by atoms with van der Waals surface area (Å²) >= 11 is 0. The van der Waals surface area contributed by atoms with Crippen LogP contribution in [0.25, 0.3) is 0 Å². The van der Waals surface area contributed by atoms with Gasteiger partial charge in [-0.05, 0) is 38.0 Å². The zero-order valence-electron chi connectivity index (χ0n) is 12.0. The first-order chi connectivity index (χ1) is 10.3. The lowest BCUT2D eigenvalue weighted by molar-refractivity contribution is 0.0692. The Hall–Kier alpha value is -2.30. The molecule has 0 spiro atoms. The highest BCUT2D eigenvalue weighted by Gasteiger charge is 2.32. The monoisotopic (exact) mass is 286 g/mol. The molecular formula is C16H18N2O3. The summed E-state index contributed by atoms with van der Waals surface area (Å²) < 4.78 is 10.7. The first-order valence-electron chi connectivity index (χ1n) is 7.24. The SMILES string of the molecule is CCOc1ccc(C(=O)N2CCC[C@H]2c2ccccn2)o1. The molecule has 2 aromatic rings. The Bertz CT molecular complexity index is 609. The molecule has 3 rings (SSSR count). The molecule has 0 bridgehead atoms. The second-order valence-electron chi connectivity index (χ2n) is 4.96. The van der Waals surface area contributed by atoms with Gasteiger partial charge in [0.25, 0.3) is 11.9 Å². The third-order valence-corrected chi connectivity index (χ3v) is 3.62. The molecule has 1 fully saturated rings. The summed E-state index contributed by atoms with van der Waals surface area (Å²) in [5, 5.41) is 0. The second-order valence-corrected chi connectivity index (χ2v) is 4.96. The molecular weight excluding hydrogens is 268 g/mol. The van der Waals surface area contributed by atoms with Gasteiger partial charge in [0.15, 0.2) is 5.76 Å². The summed E-state index contributed by atoms with van der Waals surface area (Å²) in [6.45, 7) is 3.12. The van der Waals surface area contributed by atoms with Crippen LogP contribution >= 0.6 is 0 Å². The summed E-state index contributed by atoms with van der Waals surface area (Å²) in [6.07, 6.45) is 3.67. The summed E-state index contributed by atoms with van der Waals surface area (Å²) in [5.41, 5.74) is 0.930. The van der Waals surface area contributed by atoms with Gasteiger partial charge in [-0.15, -0.1) is 0 Å². The summed E-state index contributed by atoms with van der Waals surface area (Å²) in [5.74, 6) is 0.602. The molecule has 5 heteroatoms. The van der Waals surface area contributed by atoms with Crippen molar-refractivity contribution in [1.29, 1.82) is 0 Å². The van der Waals surface area contributed by atoms with Gasteiger partial charge in [0.05, 0.1) is 18.3 Å². The van der Waals surface area contributed by atoms with Crippen molar-refractivity contribution < 1.29 is 13.9 Å². The van der Waals surface area contributed by atoms with Crippen LogP contribution in [0.1, 0.15) is 42.1 Å². The highest BCUT2D eigenvalue weighted by Crippen LogP contribution is 2.32. The predicted molar refractivity (Wildman–Crippen MR) is 77.1 cm³/mol. The smallest absolute Gasteiger partial charge is 0.290 e. The maximum atomic E-state index is 12.6. The average molecular weight is 286 g/mol. The van der Waals surface area contributed by atoms with Crippen LogP contribution in [0.2, 0.25) is 0 Å². The third-order valence-electron chi connectivity index (χ3n) is 3.62. The van der Waals surface area contributed by atoms with E-state index in [9.17, 15) is 4.79 Å². The van der Waals surface area contributed by atoms with Gasteiger partial charge in [-0.2, -0.15) is 0 Å². The van der Waals surface area contributed by atoms with E-state index in [1.54, 1.807) is 18.3 Å². The van der Waals surface area contributed by atoms with Crippen LogP contribution in [0.4, 0.5) is 0 Å². The van der Waals surface area contributed by atoms with Gasteiger partial charge in [0, 0.05) is 18.8 Å². The van der Waals surface area contributed by atoms with Crippen molar-refractivity contribution in [2.75, 3.05) is 13.2 Å². The molecule has 0 aliphatic carbocycles. The van der Waals surface area contributed by atoms with Gasteiger partial charge in [-0.25, -0.2) is 0 Å². The maximum Gasteiger partial charge on any atom is 0.290 e. The van der Waals surface area contributed by atoms with E-state index in [0.29, 0.717) is 18.3 Å². The lowest BCUT2D eigenvalue weighted by Crippen LogP contribution is -2.30. The molecule has 5 nitrogen and oxygen atoms in total. The number of furan rings is 1. The molecule has 1 amide bonds. The zero-order chi connectivity index (χ0) is 14.7. The number of hydrogen-bond donors (Lipinski definition) is 0. The number of pyridine rings is 1. The van der Waals surface area contributed by atoms with Crippen molar-refractivity contribution in [3.63, 3.8) is 0 Å². The fourth-order valence-corrected chi connectivity index (χ4v) is 2.69. The van der Waals surface area contributed by atoms with Gasteiger partial charge < -0.3 is 14.1 Å². The lowest BCUT2D eigenvalue weighted by atomic mass is 10.1. The molecule has 1 atom stereocenters. The van der Waals surface area contributed by atoms with E-state index in [1.807, 2.05) is 30.0 Å². The van der Waals surface area contributed by atoms with Crippen LogP contribution in [0, 0.1) is 0 Å². The molecule has 1 aliphatic rings. The van der Waals surface area contributed by atoms with Gasteiger partial charge in [-0.1, -0.05) is 6.07 Å². The highest BCUT2D eigenvalue weighted by atomic mass is 16.6. The number of aromatic nitrogens is 1. The van der Waals surface area contributed by atoms with E-state index in [1.165, 1.54) is 0 Å². The summed E-state index contributed by atoms with van der Waals surface area (Å²) in [4.78, 5) is 18.8. The number of rotatable bonds is 4. The van der Waals surface area contributed by atoms with Crippen molar-refractivity contribution in [2.24, 2.45) is 0 Å². The number of nitrogens with zero attached hydrogens (tertiary/aromatic N) is 2. The summed E-state index contributed by atoms with van der Waals surface area (Å²) in [7, 11) is 0. The Balaban J connectivity index is 1.79. The summed E-state index contributed by atoms with van der Waals surface area (Å²) in [6, 6.07) is 9.17. The van der Waals surface area contributed by atoms with E-state index in [-0.39, 0.29) is 11.9 Å². The number of carbonyl (C=O) groups is 1. The van der Waals surface area contributed by atoms with E-state index in [0.717, 1.165) is 25.1 Å². The Labute approximate surface area is 123 Å². The maximum absolute atomic E-state index is 12.6. The van der Waals surface area contributed by atoms with E-state index in [2.05, 4.69) is 4.98 Å². The standard InChI is InChI=1S/C16H18N2O3/c1-2-20-15-9-8-14(21-15)16(19)18-11-5-7-13(18)12-6-3-4-10-17-12/h3-4,6,8-10,13H,2,5,7,11H2,1H3/t13-/m0/s1. The van der Waals surface area contributed by atoms with Crippen LogP contribution in [0.3, 0.4) is 0 Å². The van der Waals surface area contributed by atoms with Crippen LogP contribution in [-0.2, 0) is 0 Å². The minimum atomic E-state index is -0.103. The molecule has 0 saturated carbocycles. The molecule has 110 valence electrons. The molecule has 1 aliphatic heterocycles. The number of hydrogen-bond acceptors (Lipinski definition) is 4. The lowest BCUT2D eigenvalue weighted by Gasteiger charge is -2.23. The largest absolute Gasteiger partial charge is 0.465 e. The Kier molecular flexibility index (Phi) is 3.90. The molecule has 2 aromatic heterocycles. The van der Waals surface area contributed by atoms with Crippen molar-refractivity contribution in [3.05, 3.63) is 48.0 Å². The van der Waals surface area contributed by atoms with Gasteiger partial charge >= 0.3 is 0 Å². The number of ether oxygens (including phenoxy) is 1. The molecule has 1 saturated heterocycles. The minimum Gasteiger partial charge on any atom is -0.465 e. The molecule has 0 unspecified atom stereocenters. The van der Waals surface area contributed by atoms with Crippen molar-refractivity contribution in [3.8, 4) is 5.95 Å². The van der Waals surface area contributed by atoms with Crippen LogP contribution in [0.15, 0.2) is 40.9 Å². The Morgan fingerprint density at radius 1 is 1.43 bits per heavy atom. The van der Waals surface area contributed by atoms with Crippen LogP contribution in [-0.4, -0.2) is 28.9 Å². The fraction of sp³-hybridized carbons (Fsp3) is 0.375.